The number of aliphatic hydroxyl groups is 1. The molecule has 26 heavy (non-hydrogen) atoms. The quantitative estimate of drug-likeness (QED) is 0.275. The zero-order valence-corrected chi connectivity index (χ0v) is 17.8. The van der Waals surface area contributed by atoms with E-state index in [1.54, 1.807) is 0 Å². The highest BCUT2D eigenvalue weighted by molar-refractivity contribution is 5.63. The molecule has 0 aromatic rings. The summed E-state index contributed by atoms with van der Waals surface area (Å²) >= 11 is 0. The van der Waals surface area contributed by atoms with Crippen molar-refractivity contribution in [1.82, 2.24) is 0 Å². The predicted octanol–water partition coefficient (Wildman–Crippen LogP) is 4.05. The summed E-state index contributed by atoms with van der Waals surface area (Å²) in [5, 5.41) is 20.7. The van der Waals surface area contributed by atoms with Crippen LogP contribution in [0, 0.1) is 0 Å². The summed E-state index contributed by atoms with van der Waals surface area (Å²) in [5.41, 5.74) is 0. The van der Waals surface area contributed by atoms with Crippen LogP contribution in [0.15, 0.2) is 0 Å². The average Bonchev–Trinajstić information content (AvgIpc) is 2.55. The van der Waals surface area contributed by atoms with Gasteiger partial charge in [-0.2, -0.15) is 0 Å². The van der Waals surface area contributed by atoms with Gasteiger partial charge in [-0.25, -0.2) is 0 Å². The fourth-order valence-electron chi connectivity index (χ4n) is 3.61. The fourth-order valence-corrected chi connectivity index (χ4v) is 3.61. The van der Waals surface area contributed by atoms with Gasteiger partial charge in [0.05, 0.1) is 20.6 Å². The van der Waals surface area contributed by atoms with Crippen molar-refractivity contribution in [2.45, 2.75) is 109 Å². The molecule has 156 valence electrons. The Hall–Kier alpha value is -0.610. The Labute approximate surface area is 162 Å². The SMILES string of the molecule is CCCCCCCCCCCCC(O)C[N+](C)(C)CCCCCC(=O)[O-]. The van der Waals surface area contributed by atoms with E-state index in [-0.39, 0.29) is 12.5 Å². The molecule has 0 saturated heterocycles. The van der Waals surface area contributed by atoms with Gasteiger partial charge in [-0.3, -0.25) is 0 Å². The molecule has 0 bridgehead atoms. The first kappa shape index (κ1) is 25.4. The molecule has 0 amide bonds. The summed E-state index contributed by atoms with van der Waals surface area (Å²) in [6.45, 7) is 4.04. The van der Waals surface area contributed by atoms with Crippen molar-refractivity contribution >= 4 is 5.97 Å². The minimum atomic E-state index is -0.953. The Balaban J connectivity index is 3.52. The average molecular weight is 372 g/mol. The first-order valence-corrected chi connectivity index (χ1v) is 11.1. The molecule has 0 spiro atoms. The van der Waals surface area contributed by atoms with E-state index in [9.17, 15) is 15.0 Å². The molecule has 0 radical (unpaired) electrons. The number of carbonyl (C=O) groups is 1. The molecule has 0 aliphatic heterocycles. The molecule has 0 saturated carbocycles. The maximum atomic E-state index is 10.4. The molecule has 1 N–H and O–H groups in total. The number of aliphatic hydroxyl groups excluding tert-OH is 1. The van der Waals surface area contributed by atoms with Gasteiger partial charge in [-0.15, -0.1) is 0 Å². The molecule has 1 unspecified atom stereocenters. The number of carboxylic acids is 1. The van der Waals surface area contributed by atoms with Gasteiger partial charge in [0.2, 0.25) is 0 Å². The van der Waals surface area contributed by atoms with Crippen LogP contribution < -0.4 is 5.11 Å². The van der Waals surface area contributed by atoms with Crippen molar-refractivity contribution < 1.29 is 19.5 Å². The zero-order valence-electron chi connectivity index (χ0n) is 17.8. The van der Waals surface area contributed by atoms with Gasteiger partial charge in [-0.1, -0.05) is 71.1 Å². The molecule has 4 heteroatoms. The zero-order chi connectivity index (χ0) is 19.7. The fraction of sp³-hybridized carbons (Fsp3) is 0.955. The summed E-state index contributed by atoms with van der Waals surface area (Å²) in [7, 11) is 4.31. The minimum absolute atomic E-state index is 0.162. The maximum absolute atomic E-state index is 10.4. The van der Waals surface area contributed by atoms with Crippen molar-refractivity contribution in [2.24, 2.45) is 0 Å². The molecular weight excluding hydrogens is 326 g/mol. The lowest BCUT2D eigenvalue weighted by atomic mass is 10.0. The number of nitrogens with zero attached hydrogens (tertiary/aromatic N) is 1. The monoisotopic (exact) mass is 371 g/mol. The lowest BCUT2D eigenvalue weighted by Gasteiger charge is -2.32. The van der Waals surface area contributed by atoms with Crippen LogP contribution in [0.25, 0.3) is 0 Å². The van der Waals surface area contributed by atoms with Gasteiger partial charge < -0.3 is 19.5 Å². The summed E-state index contributed by atoms with van der Waals surface area (Å²) < 4.78 is 0.810. The van der Waals surface area contributed by atoms with Gasteiger partial charge in [0.15, 0.2) is 0 Å². The predicted molar refractivity (Wildman–Crippen MR) is 108 cm³/mol. The standard InChI is InChI=1S/C22H45NO3/c1-4-5-6-7-8-9-10-11-12-14-17-21(24)20-23(2,3)19-16-13-15-18-22(25)26/h21,24H,4-20H2,1-3H3. The van der Waals surface area contributed by atoms with Crippen LogP contribution in [0.4, 0.5) is 0 Å². The van der Waals surface area contributed by atoms with E-state index in [0.29, 0.717) is 6.42 Å². The van der Waals surface area contributed by atoms with E-state index in [1.807, 2.05) is 0 Å². The number of unbranched alkanes of at least 4 members (excludes halogenated alkanes) is 11. The molecule has 0 fully saturated rings. The van der Waals surface area contributed by atoms with E-state index < -0.39 is 5.97 Å². The lowest BCUT2D eigenvalue weighted by Crippen LogP contribution is -2.46. The Kier molecular flexibility index (Phi) is 16.2. The van der Waals surface area contributed by atoms with Crippen LogP contribution in [-0.2, 0) is 4.79 Å². The summed E-state index contributed by atoms with van der Waals surface area (Å²) in [6, 6.07) is 0. The number of rotatable bonds is 19. The summed E-state index contributed by atoms with van der Waals surface area (Å²) in [4.78, 5) is 10.4. The highest BCUT2D eigenvalue weighted by Crippen LogP contribution is 2.13. The van der Waals surface area contributed by atoms with Gasteiger partial charge >= 0.3 is 0 Å². The van der Waals surface area contributed by atoms with Gasteiger partial charge in [0, 0.05) is 5.97 Å². The Morgan fingerprint density at radius 1 is 0.846 bits per heavy atom. The van der Waals surface area contributed by atoms with Crippen molar-refractivity contribution in [1.29, 1.82) is 0 Å². The number of carboxylic acid groups (broad SMARTS) is 1. The van der Waals surface area contributed by atoms with Crippen molar-refractivity contribution in [3.8, 4) is 0 Å². The van der Waals surface area contributed by atoms with Crippen LogP contribution >= 0.6 is 0 Å². The van der Waals surface area contributed by atoms with Crippen LogP contribution in [0.1, 0.15) is 103 Å². The van der Waals surface area contributed by atoms with Crippen LogP contribution in [-0.4, -0.2) is 48.8 Å². The Morgan fingerprint density at radius 2 is 1.35 bits per heavy atom. The van der Waals surface area contributed by atoms with E-state index >= 15 is 0 Å². The molecule has 0 aromatic heterocycles. The number of carbonyl (C=O) groups excluding carboxylic acids is 1. The van der Waals surface area contributed by atoms with E-state index in [2.05, 4.69) is 21.0 Å². The summed E-state index contributed by atoms with van der Waals surface area (Å²) in [6.07, 6.45) is 16.7. The van der Waals surface area contributed by atoms with Gasteiger partial charge in [-0.05, 0) is 32.1 Å². The van der Waals surface area contributed by atoms with Crippen molar-refractivity contribution in [2.75, 3.05) is 27.2 Å². The smallest absolute Gasteiger partial charge is 0.105 e. The molecule has 0 aliphatic carbocycles. The molecule has 0 heterocycles. The van der Waals surface area contributed by atoms with Gasteiger partial charge in [0.25, 0.3) is 0 Å². The second-order valence-electron chi connectivity index (χ2n) is 8.65. The van der Waals surface area contributed by atoms with E-state index in [0.717, 1.165) is 43.3 Å². The number of quaternary nitrogens is 1. The number of hydrogen-bond donors (Lipinski definition) is 1. The molecule has 1 atom stereocenters. The second-order valence-corrected chi connectivity index (χ2v) is 8.65. The van der Waals surface area contributed by atoms with Crippen molar-refractivity contribution in [3.05, 3.63) is 0 Å². The minimum Gasteiger partial charge on any atom is -0.550 e. The molecule has 4 nitrogen and oxygen atoms in total. The third-order valence-corrected chi connectivity index (χ3v) is 5.24. The number of hydrogen-bond acceptors (Lipinski definition) is 3. The van der Waals surface area contributed by atoms with E-state index in [1.165, 1.54) is 57.8 Å². The lowest BCUT2D eigenvalue weighted by molar-refractivity contribution is -0.893. The highest BCUT2D eigenvalue weighted by atomic mass is 16.4. The Morgan fingerprint density at radius 3 is 1.88 bits per heavy atom. The van der Waals surface area contributed by atoms with Crippen molar-refractivity contribution in [3.63, 3.8) is 0 Å². The Bertz CT molecular complexity index is 331. The molecule has 0 aliphatic rings. The highest BCUT2D eigenvalue weighted by Gasteiger charge is 2.19. The first-order valence-electron chi connectivity index (χ1n) is 11.1. The molecule has 0 rings (SSSR count). The number of likely N-dealkylation sites (N-methyl/N-ethyl adjacent to an activating group) is 1. The normalized spacial score (nSPS) is 13.1. The van der Waals surface area contributed by atoms with Crippen LogP contribution in [0.2, 0.25) is 0 Å². The van der Waals surface area contributed by atoms with Crippen LogP contribution in [0.5, 0.6) is 0 Å². The van der Waals surface area contributed by atoms with E-state index in [4.69, 9.17) is 0 Å². The summed E-state index contributed by atoms with van der Waals surface area (Å²) in [5.74, 6) is -0.953. The topological polar surface area (TPSA) is 60.4 Å². The van der Waals surface area contributed by atoms with Gasteiger partial charge in [0.1, 0.15) is 12.6 Å². The largest absolute Gasteiger partial charge is 0.550 e. The first-order chi connectivity index (χ1) is 12.4. The molecule has 0 aromatic carbocycles. The van der Waals surface area contributed by atoms with Crippen LogP contribution in [0.3, 0.4) is 0 Å². The third kappa shape index (κ3) is 18.2. The second kappa shape index (κ2) is 16.6. The maximum Gasteiger partial charge on any atom is 0.105 e. The third-order valence-electron chi connectivity index (χ3n) is 5.24. The number of aliphatic carboxylic acids is 1. The molecular formula is C22H45NO3.